The number of aliphatic hydroxyl groups excluding tert-OH is 1. The van der Waals surface area contributed by atoms with Crippen molar-refractivity contribution in [2.24, 2.45) is 0 Å². The Bertz CT molecular complexity index is 1930. The highest BCUT2D eigenvalue weighted by Gasteiger charge is 2.48. The van der Waals surface area contributed by atoms with E-state index in [0.29, 0.717) is 37.0 Å². The Morgan fingerprint density at radius 3 is 2.53 bits per heavy atom. The van der Waals surface area contributed by atoms with E-state index in [4.69, 9.17) is 23.2 Å². The topological polar surface area (TPSA) is 101 Å². The van der Waals surface area contributed by atoms with Crippen LogP contribution in [0.25, 0.3) is 11.4 Å². The number of benzene rings is 2. The number of aliphatic hydroxyl groups is 1. The van der Waals surface area contributed by atoms with Crippen LogP contribution in [0.2, 0.25) is 10.0 Å². The fourth-order valence-electron chi connectivity index (χ4n) is 5.09. The summed E-state index contributed by atoms with van der Waals surface area (Å²) in [5, 5.41) is 21.6. The molecule has 0 radical (unpaired) electrons. The van der Waals surface area contributed by atoms with Gasteiger partial charge in [-0.2, -0.15) is 0 Å². The number of aryl methyl sites for hydroxylation is 3. The van der Waals surface area contributed by atoms with Gasteiger partial charge in [-0.25, -0.2) is 4.98 Å². The normalized spacial score (nSPS) is 16.5. The second-order valence-corrected chi connectivity index (χ2v) is 13.1. The van der Waals surface area contributed by atoms with Crippen molar-refractivity contribution in [1.82, 2.24) is 19.6 Å². The summed E-state index contributed by atoms with van der Waals surface area (Å²) in [6.45, 7) is 5.79. The molecule has 1 fully saturated rings. The predicted molar refractivity (Wildman–Crippen MR) is 171 cm³/mol. The van der Waals surface area contributed by atoms with Crippen molar-refractivity contribution >= 4 is 74.5 Å². The lowest BCUT2D eigenvalue weighted by molar-refractivity contribution is -0.132. The molecule has 1 unspecified atom stereocenters. The van der Waals surface area contributed by atoms with Gasteiger partial charge in [0, 0.05) is 22.0 Å². The SMILES string of the molecule is CCc1ccc(C2C(=C(O)c3nc4c(C)cccn4c3C)C(=O)C(=O)N2c2nnc(SCc3ccc(Cl)cc3Cl)s2)cc1. The molecule has 0 aliphatic carbocycles. The van der Waals surface area contributed by atoms with Gasteiger partial charge in [0.15, 0.2) is 10.1 Å². The first-order valence-electron chi connectivity index (χ1n) is 13.4. The molecule has 43 heavy (non-hydrogen) atoms. The van der Waals surface area contributed by atoms with E-state index in [1.165, 1.54) is 28.0 Å². The Kier molecular flexibility index (Phi) is 8.04. The molecule has 0 spiro atoms. The van der Waals surface area contributed by atoms with Gasteiger partial charge < -0.3 is 9.51 Å². The molecule has 8 nitrogen and oxygen atoms in total. The number of carbonyl (C=O) groups excluding carboxylic acids is 2. The highest BCUT2D eigenvalue weighted by atomic mass is 35.5. The maximum atomic E-state index is 13.7. The van der Waals surface area contributed by atoms with E-state index in [2.05, 4.69) is 15.2 Å². The van der Waals surface area contributed by atoms with Gasteiger partial charge in [-0.15, -0.1) is 10.2 Å². The zero-order valence-corrected chi connectivity index (χ0v) is 26.5. The van der Waals surface area contributed by atoms with Gasteiger partial charge in [0.2, 0.25) is 5.13 Å². The first kappa shape index (κ1) is 29.4. The summed E-state index contributed by atoms with van der Waals surface area (Å²) in [5.41, 5.74) is 5.06. The Labute approximate surface area is 266 Å². The van der Waals surface area contributed by atoms with Gasteiger partial charge in [-0.05, 0) is 60.7 Å². The van der Waals surface area contributed by atoms with Crippen LogP contribution < -0.4 is 4.90 Å². The monoisotopic (exact) mass is 649 g/mol. The third-order valence-electron chi connectivity index (χ3n) is 7.42. The van der Waals surface area contributed by atoms with Gasteiger partial charge in [0.1, 0.15) is 11.3 Å². The van der Waals surface area contributed by atoms with E-state index < -0.39 is 17.7 Å². The lowest BCUT2D eigenvalue weighted by atomic mass is 9.95. The number of nitrogens with zero attached hydrogens (tertiary/aromatic N) is 5. The van der Waals surface area contributed by atoms with Crippen LogP contribution in [-0.4, -0.2) is 36.4 Å². The lowest BCUT2D eigenvalue weighted by Crippen LogP contribution is -2.29. The number of anilines is 1. The number of carbonyl (C=O) groups is 2. The molecule has 5 aromatic rings. The first-order chi connectivity index (χ1) is 20.7. The Morgan fingerprint density at radius 2 is 1.84 bits per heavy atom. The summed E-state index contributed by atoms with van der Waals surface area (Å²) >= 11 is 15.0. The molecule has 218 valence electrons. The number of imidazole rings is 1. The van der Waals surface area contributed by atoms with Crippen LogP contribution in [0.1, 0.15) is 46.6 Å². The lowest BCUT2D eigenvalue weighted by Gasteiger charge is -2.22. The van der Waals surface area contributed by atoms with Crippen molar-refractivity contribution in [2.45, 2.75) is 43.3 Å². The number of amides is 1. The number of Topliss-reactive ketones (excluding diaryl/α,β-unsaturated/α-hetero) is 1. The molecule has 0 saturated carbocycles. The summed E-state index contributed by atoms with van der Waals surface area (Å²) < 4.78 is 2.45. The summed E-state index contributed by atoms with van der Waals surface area (Å²) in [6, 6.07) is 15.8. The molecule has 4 heterocycles. The molecule has 1 N–H and O–H groups in total. The summed E-state index contributed by atoms with van der Waals surface area (Å²) in [4.78, 5) is 33.3. The third kappa shape index (κ3) is 5.33. The minimum atomic E-state index is -0.923. The van der Waals surface area contributed by atoms with E-state index >= 15 is 0 Å². The van der Waals surface area contributed by atoms with Gasteiger partial charge in [0.05, 0.1) is 17.3 Å². The number of hydrogen-bond acceptors (Lipinski definition) is 8. The van der Waals surface area contributed by atoms with E-state index in [-0.39, 0.29) is 22.2 Å². The standard InChI is InChI=1S/C31H25Cl2N5O3S2/c1-4-18-7-9-19(10-8-18)25-23(26(39)24-17(3)37-13-5-6-16(2)28(37)34-24)27(40)29(41)38(25)30-35-36-31(43-30)42-15-20-11-12-21(32)14-22(20)33/h5-14,25,39H,4,15H2,1-3H3. The molecule has 2 aromatic carbocycles. The maximum absolute atomic E-state index is 13.7. The van der Waals surface area contributed by atoms with Crippen LogP contribution in [0.5, 0.6) is 0 Å². The van der Waals surface area contributed by atoms with E-state index in [9.17, 15) is 14.7 Å². The molecule has 1 atom stereocenters. The summed E-state index contributed by atoms with van der Waals surface area (Å²) in [5.74, 6) is -1.43. The highest BCUT2D eigenvalue weighted by molar-refractivity contribution is 8.00. The second-order valence-electron chi connectivity index (χ2n) is 10.1. The Morgan fingerprint density at radius 1 is 1.07 bits per heavy atom. The van der Waals surface area contributed by atoms with Crippen molar-refractivity contribution in [2.75, 3.05) is 4.90 Å². The number of aromatic nitrogens is 4. The smallest absolute Gasteiger partial charge is 0.301 e. The zero-order valence-electron chi connectivity index (χ0n) is 23.3. The van der Waals surface area contributed by atoms with Gasteiger partial charge in [-0.1, -0.05) is 89.6 Å². The quantitative estimate of drug-likeness (QED) is 0.0637. The fraction of sp³-hybridized carbons (Fsp3) is 0.194. The van der Waals surface area contributed by atoms with Gasteiger partial charge in [-0.3, -0.25) is 14.5 Å². The third-order valence-corrected chi connectivity index (χ3v) is 10.1. The molecule has 12 heteroatoms. The van der Waals surface area contributed by atoms with Crippen molar-refractivity contribution in [3.05, 3.63) is 110 Å². The number of fused-ring (bicyclic) bond motifs is 1. The van der Waals surface area contributed by atoms with E-state index in [0.717, 1.165) is 23.1 Å². The van der Waals surface area contributed by atoms with E-state index in [1.807, 2.05) is 73.8 Å². The molecule has 0 bridgehead atoms. The van der Waals surface area contributed by atoms with Crippen molar-refractivity contribution in [3.8, 4) is 0 Å². The molecular formula is C31H25Cl2N5O3S2. The zero-order chi connectivity index (χ0) is 30.4. The molecule has 1 saturated heterocycles. The number of rotatable bonds is 7. The van der Waals surface area contributed by atoms with Gasteiger partial charge in [0.25, 0.3) is 5.78 Å². The highest BCUT2D eigenvalue weighted by Crippen LogP contribution is 2.44. The minimum Gasteiger partial charge on any atom is -0.505 e. The number of halogens is 2. The molecule has 6 rings (SSSR count). The van der Waals surface area contributed by atoms with Crippen molar-refractivity contribution in [1.29, 1.82) is 0 Å². The maximum Gasteiger partial charge on any atom is 0.301 e. The molecule has 1 amide bonds. The average molecular weight is 651 g/mol. The fourth-order valence-corrected chi connectivity index (χ4v) is 7.52. The van der Waals surface area contributed by atoms with Crippen molar-refractivity contribution in [3.63, 3.8) is 0 Å². The predicted octanol–water partition coefficient (Wildman–Crippen LogP) is 7.59. The van der Waals surface area contributed by atoms with Crippen LogP contribution >= 0.6 is 46.3 Å². The average Bonchev–Trinajstić information content (AvgIpc) is 3.67. The van der Waals surface area contributed by atoms with Gasteiger partial charge >= 0.3 is 5.91 Å². The van der Waals surface area contributed by atoms with Crippen LogP contribution in [0.4, 0.5) is 5.13 Å². The number of thioether (sulfide) groups is 1. The molecule has 3 aromatic heterocycles. The number of hydrogen-bond donors (Lipinski definition) is 1. The van der Waals surface area contributed by atoms with Crippen LogP contribution in [0.15, 0.2) is 70.7 Å². The molecule has 1 aliphatic heterocycles. The van der Waals surface area contributed by atoms with Crippen molar-refractivity contribution < 1.29 is 14.7 Å². The summed E-state index contributed by atoms with van der Waals surface area (Å²) in [6.07, 6.45) is 2.67. The Balaban J connectivity index is 1.43. The minimum absolute atomic E-state index is 0.0456. The summed E-state index contributed by atoms with van der Waals surface area (Å²) in [7, 11) is 0. The Hall–Kier alpha value is -3.70. The number of pyridine rings is 1. The second kappa shape index (κ2) is 11.8. The molecular weight excluding hydrogens is 625 g/mol. The number of ketones is 1. The van der Waals surface area contributed by atoms with Crippen LogP contribution in [0, 0.1) is 13.8 Å². The first-order valence-corrected chi connectivity index (χ1v) is 16.0. The molecule has 1 aliphatic rings. The van der Waals surface area contributed by atoms with Crippen LogP contribution in [0.3, 0.4) is 0 Å². The largest absolute Gasteiger partial charge is 0.505 e. The van der Waals surface area contributed by atoms with Crippen LogP contribution in [-0.2, 0) is 21.8 Å². The van der Waals surface area contributed by atoms with E-state index in [1.54, 1.807) is 12.1 Å².